The third-order valence-electron chi connectivity index (χ3n) is 5.48. The van der Waals surface area contributed by atoms with Gasteiger partial charge < -0.3 is 15.5 Å². The number of hydrogen-bond donors (Lipinski definition) is 2. The molecular weight excluding hydrogens is 465 g/mol. The van der Waals surface area contributed by atoms with Crippen LogP contribution in [0.3, 0.4) is 0 Å². The van der Waals surface area contributed by atoms with E-state index in [1.54, 1.807) is 0 Å². The number of hydrogen-bond acceptors (Lipinski definition) is 3. The van der Waals surface area contributed by atoms with Gasteiger partial charge in [-0.1, -0.05) is 25.3 Å². The van der Waals surface area contributed by atoms with E-state index in [1.807, 2.05) is 25.1 Å². The first kappa shape index (κ1) is 22.9. The first-order valence-electron chi connectivity index (χ1n) is 10.4. The van der Waals surface area contributed by atoms with E-state index in [0.717, 1.165) is 56.2 Å². The quantitative estimate of drug-likeness (QED) is 0.371. The van der Waals surface area contributed by atoms with E-state index in [1.165, 1.54) is 19.3 Å². The lowest BCUT2D eigenvalue weighted by Gasteiger charge is -2.26. The molecule has 2 heterocycles. The largest absolute Gasteiger partial charge is 0.357 e. The molecule has 1 amide bonds. The standard InChI is InChI=1S/C21H33N5O.HI/c1-3-22-21(23-14-18-11-7-8-16(2)24-18)25-19-12-13-26(15-19)20(27)17-9-5-4-6-10-17;/h7-8,11,17,19H,3-6,9-10,12-15H2,1-2H3,(H2,22,23,25);1H. The van der Waals surface area contributed by atoms with Crippen LogP contribution in [0, 0.1) is 12.8 Å². The minimum atomic E-state index is 0. The van der Waals surface area contributed by atoms with Crippen LogP contribution in [0.15, 0.2) is 23.2 Å². The highest BCUT2D eigenvalue weighted by Gasteiger charge is 2.31. The topological polar surface area (TPSA) is 69.6 Å². The Balaban J connectivity index is 0.00000280. The van der Waals surface area contributed by atoms with Crippen LogP contribution >= 0.6 is 24.0 Å². The van der Waals surface area contributed by atoms with Gasteiger partial charge in [-0.25, -0.2) is 4.99 Å². The van der Waals surface area contributed by atoms with E-state index in [9.17, 15) is 4.79 Å². The van der Waals surface area contributed by atoms with Crippen LogP contribution < -0.4 is 10.6 Å². The Morgan fingerprint density at radius 1 is 1.25 bits per heavy atom. The molecule has 1 aliphatic heterocycles. The van der Waals surface area contributed by atoms with Crippen LogP contribution in [-0.4, -0.2) is 47.4 Å². The Bertz CT molecular complexity index is 660. The molecule has 2 N–H and O–H groups in total. The van der Waals surface area contributed by atoms with Crippen LogP contribution in [0.5, 0.6) is 0 Å². The fourth-order valence-corrected chi connectivity index (χ4v) is 4.05. The summed E-state index contributed by atoms with van der Waals surface area (Å²) in [5, 5.41) is 6.82. The molecule has 0 radical (unpaired) electrons. The molecule has 1 unspecified atom stereocenters. The van der Waals surface area contributed by atoms with E-state index >= 15 is 0 Å². The van der Waals surface area contributed by atoms with Crippen LogP contribution in [0.1, 0.15) is 56.8 Å². The van der Waals surface area contributed by atoms with Crippen molar-refractivity contribution in [3.63, 3.8) is 0 Å². The normalized spacial score (nSPS) is 20.6. The number of nitrogens with one attached hydrogen (secondary N) is 2. The lowest BCUT2D eigenvalue weighted by atomic mass is 9.88. The van der Waals surface area contributed by atoms with Gasteiger partial charge in [0.15, 0.2) is 5.96 Å². The molecule has 3 rings (SSSR count). The SMILES string of the molecule is CCNC(=NCc1cccc(C)n1)NC1CCN(C(=O)C2CCCCC2)C1.I. The first-order chi connectivity index (χ1) is 13.2. The lowest BCUT2D eigenvalue weighted by Crippen LogP contribution is -2.45. The zero-order chi connectivity index (χ0) is 19.1. The Morgan fingerprint density at radius 2 is 2.04 bits per heavy atom. The van der Waals surface area contributed by atoms with Gasteiger partial charge in [-0.15, -0.1) is 24.0 Å². The van der Waals surface area contributed by atoms with E-state index < -0.39 is 0 Å². The fraction of sp³-hybridized carbons (Fsp3) is 0.667. The number of carbonyl (C=O) groups is 1. The van der Waals surface area contributed by atoms with Gasteiger partial charge in [0.25, 0.3) is 0 Å². The van der Waals surface area contributed by atoms with Crippen molar-refractivity contribution < 1.29 is 4.79 Å². The summed E-state index contributed by atoms with van der Waals surface area (Å²) in [6.07, 6.45) is 6.81. The third kappa shape index (κ3) is 6.60. The highest BCUT2D eigenvalue weighted by molar-refractivity contribution is 14.0. The molecule has 1 aromatic heterocycles. The maximum absolute atomic E-state index is 12.7. The van der Waals surface area contributed by atoms with Crippen molar-refractivity contribution in [3.05, 3.63) is 29.6 Å². The maximum atomic E-state index is 12.7. The molecular formula is C21H34IN5O. The van der Waals surface area contributed by atoms with Crippen molar-refractivity contribution in [2.24, 2.45) is 10.9 Å². The molecule has 156 valence electrons. The summed E-state index contributed by atoms with van der Waals surface area (Å²) in [7, 11) is 0. The summed E-state index contributed by atoms with van der Waals surface area (Å²) >= 11 is 0. The Morgan fingerprint density at radius 3 is 2.75 bits per heavy atom. The average molecular weight is 499 g/mol. The van der Waals surface area contributed by atoms with E-state index in [2.05, 4.69) is 32.4 Å². The molecule has 2 aliphatic rings. The second kappa shape index (κ2) is 11.6. The Kier molecular flexibility index (Phi) is 9.47. The number of aryl methyl sites for hydroxylation is 1. The molecule has 6 nitrogen and oxygen atoms in total. The van der Waals surface area contributed by atoms with Crippen molar-refractivity contribution in [2.45, 2.75) is 65.0 Å². The number of aliphatic imine (C=N–C) groups is 1. The van der Waals surface area contributed by atoms with Crippen LogP contribution in [0.2, 0.25) is 0 Å². The van der Waals surface area contributed by atoms with Crippen molar-refractivity contribution in [1.82, 2.24) is 20.5 Å². The smallest absolute Gasteiger partial charge is 0.225 e. The second-order valence-corrected chi connectivity index (χ2v) is 7.71. The number of halogens is 1. The van der Waals surface area contributed by atoms with Gasteiger partial charge in [-0.3, -0.25) is 9.78 Å². The van der Waals surface area contributed by atoms with E-state index in [-0.39, 0.29) is 35.9 Å². The summed E-state index contributed by atoms with van der Waals surface area (Å²) in [5.41, 5.74) is 1.97. The monoisotopic (exact) mass is 499 g/mol. The number of amides is 1. The lowest BCUT2D eigenvalue weighted by molar-refractivity contribution is -0.135. The predicted molar refractivity (Wildman–Crippen MR) is 124 cm³/mol. The van der Waals surface area contributed by atoms with Crippen LogP contribution in [-0.2, 0) is 11.3 Å². The number of aromatic nitrogens is 1. The van der Waals surface area contributed by atoms with Gasteiger partial charge in [0, 0.05) is 37.3 Å². The Hall–Kier alpha value is -1.38. The number of rotatable bonds is 5. The summed E-state index contributed by atoms with van der Waals surface area (Å²) in [6, 6.07) is 6.27. The van der Waals surface area contributed by atoms with Crippen molar-refractivity contribution in [1.29, 1.82) is 0 Å². The highest BCUT2D eigenvalue weighted by Crippen LogP contribution is 2.26. The minimum absolute atomic E-state index is 0. The van der Waals surface area contributed by atoms with Crippen molar-refractivity contribution in [3.8, 4) is 0 Å². The number of nitrogens with zero attached hydrogens (tertiary/aromatic N) is 3. The average Bonchev–Trinajstić information content (AvgIpc) is 3.15. The molecule has 1 aliphatic carbocycles. The van der Waals surface area contributed by atoms with E-state index in [4.69, 9.17) is 0 Å². The van der Waals surface area contributed by atoms with Gasteiger partial charge in [0.05, 0.1) is 12.2 Å². The summed E-state index contributed by atoms with van der Waals surface area (Å²) in [5.74, 6) is 1.43. The summed E-state index contributed by atoms with van der Waals surface area (Å²) in [4.78, 5) is 24.0. The van der Waals surface area contributed by atoms with Gasteiger partial charge in [-0.2, -0.15) is 0 Å². The Labute approximate surface area is 186 Å². The zero-order valence-corrected chi connectivity index (χ0v) is 19.4. The highest BCUT2D eigenvalue weighted by atomic mass is 127. The van der Waals surface area contributed by atoms with E-state index in [0.29, 0.717) is 12.5 Å². The molecule has 1 aromatic rings. The molecule has 28 heavy (non-hydrogen) atoms. The van der Waals surface area contributed by atoms with Gasteiger partial charge in [-0.05, 0) is 45.2 Å². The number of pyridine rings is 1. The first-order valence-corrected chi connectivity index (χ1v) is 10.4. The zero-order valence-electron chi connectivity index (χ0n) is 17.1. The van der Waals surface area contributed by atoms with Crippen LogP contribution in [0.4, 0.5) is 0 Å². The van der Waals surface area contributed by atoms with Crippen molar-refractivity contribution in [2.75, 3.05) is 19.6 Å². The van der Waals surface area contributed by atoms with Gasteiger partial charge in [0.1, 0.15) is 0 Å². The summed E-state index contributed by atoms with van der Waals surface area (Å²) < 4.78 is 0. The molecule has 1 saturated heterocycles. The van der Waals surface area contributed by atoms with Gasteiger partial charge >= 0.3 is 0 Å². The number of guanidine groups is 1. The molecule has 7 heteroatoms. The minimum Gasteiger partial charge on any atom is -0.357 e. The molecule has 0 aromatic carbocycles. The fourth-order valence-electron chi connectivity index (χ4n) is 4.05. The third-order valence-corrected chi connectivity index (χ3v) is 5.48. The number of carbonyl (C=O) groups excluding carboxylic acids is 1. The molecule has 0 spiro atoms. The second-order valence-electron chi connectivity index (χ2n) is 7.71. The summed E-state index contributed by atoms with van der Waals surface area (Å²) in [6.45, 7) is 7.05. The molecule has 1 atom stereocenters. The predicted octanol–water partition coefficient (Wildman–Crippen LogP) is 3.24. The van der Waals surface area contributed by atoms with Crippen molar-refractivity contribution >= 4 is 35.8 Å². The maximum Gasteiger partial charge on any atom is 0.225 e. The molecule has 1 saturated carbocycles. The van der Waals surface area contributed by atoms with Crippen LogP contribution in [0.25, 0.3) is 0 Å². The molecule has 2 fully saturated rings. The number of likely N-dealkylation sites (tertiary alicyclic amines) is 1. The van der Waals surface area contributed by atoms with Gasteiger partial charge in [0.2, 0.25) is 5.91 Å². The molecule has 0 bridgehead atoms.